The molecule has 1 aliphatic heterocycles. The van der Waals surface area contributed by atoms with Gasteiger partial charge in [0.05, 0.1) is 15.9 Å². The van der Waals surface area contributed by atoms with Crippen LogP contribution in [0.5, 0.6) is 0 Å². The van der Waals surface area contributed by atoms with Crippen LogP contribution in [-0.2, 0) is 0 Å². The van der Waals surface area contributed by atoms with Gasteiger partial charge in [0.1, 0.15) is 11.4 Å². The van der Waals surface area contributed by atoms with E-state index in [2.05, 4.69) is 10.3 Å². The van der Waals surface area contributed by atoms with E-state index in [0.717, 1.165) is 37.1 Å². The highest BCUT2D eigenvalue weighted by Gasteiger charge is 2.28. The van der Waals surface area contributed by atoms with Crippen molar-refractivity contribution >= 4 is 39.7 Å². The van der Waals surface area contributed by atoms with E-state index in [1.807, 2.05) is 4.90 Å². The van der Waals surface area contributed by atoms with Crippen LogP contribution >= 0.6 is 11.8 Å². The van der Waals surface area contributed by atoms with Crippen molar-refractivity contribution in [1.29, 1.82) is 5.26 Å². The zero-order valence-corrected chi connectivity index (χ0v) is 14.3. The molecular weight excluding hydrogens is 348 g/mol. The summed E-state index contributed by atoms with van der Waals surface area (Å²) in [7, 11) is 0. The van der Waals surface area contributed by atoms with Gasteiger partial charge in [-0.2, -0.15) is 5.26 Å². The van der Waals surface area contributed by atoms with E-state index in [-0.39, 0.29) is 16.5 Å². The molecule has 0 atom stereocenters. The lowest BCUT2D eigenvalue weighted by atomic mass is 10.1. The lowest BCUT2D eigenvalue weighted by Crippen LogP contribution is -2.30. The average molecular weight is 364 g/mol. The molecule has 1 aliphatic rings. The summed E-state index contributed by atoms with van der Waals surface area (Å²) in [5.41, 5.74) is -0.500. The molecule has 1 aromatic carbocycles. The molecule has 1 heterocycles. The molecule has 25 heavy (non-hydrogen) atoms. The Morgan fingerprint density at radius 2 is 1.88 bits per heavy atom. The van der Waals surface area contributed by atoms with Gasteiger partial charge in [0, 0.05) is 19.2 Å². The fourth-order valence-corrected chi connectivity index (χ4v) is 2.94. The molecule has 1 fully saturated rings. The number of nitro groups is 2. The predicted molar refractivity (Wildman–Crippen MR) is 95.2 cm³/mol. The molecule has 1 N–H and O–H groups in total. The van der Waals surface area contributed by atoms with Gasteiger partial charge in [-0.3, -0.25) is 25.5 Å². The summed E-state index contributed by atoms with van der Waals surface area (Å²) in [6.45, 7) is 1.29. The molecule has 2 rings (SSSR count). The number of hydrogen-bond acceptors (Lipinski definition) is 8. The number of thioether (sulfide) groups is 1. The summed E-state index contributed by atoms with van der Waals surface area (Å²) in [5, 5.41) is 33.9. The van der Waals surface area contributed by atoms with Crippen molar-refractivity contribution in [3.8, 4) is 6.19 Å². The van der Waals surface area contributed by atoms with Crippen LogP contribution in [0.2, 0.25) is 0 Å². The summed E-state index contributed by atoms with van der Waals surface area (Å²) in [6.07, 6.45) is 6.21. The minimum absolute atomic E-state index is 0.0247. The Morgan fingerprint density at radius 1 is 1.24 bits per heavy atom. The summed E-state index contributed by atoms with van der Waals surface area (Å²) in [4.78, 5) is 27.3. The van der Waals surface area contributed by atoms with E-state index in [4.69, 9.17) is 5.26 Å². The molecule has 1 saturated heterocycles. The first kappa shape index (κ1) is 18.5. The number of piperidine rings is 1. The van der Waals surface area contributed by atoms with Gasteiger partial charge in [0.2, 0.25) is 0 Å². The highest BCUT2D eigenvalue weighted by molar-refractivity contribution is 8.13. The van der Waals surface area contributed by atoms with Gasteiger partial charge in [-0.1, -0.05) is 11.8 Å². The Kier molecular flexibility index (Phi) is 6.13. The van der Waals surface area contributed by atoms with Crippen LogP contribution in [0.3, 0.4) is 0 Å². The summed E-state index contributed by atoms with van der Waals surface area (Å²) in [5.74, 6) is 0. The van der Waals surface area contributed by atoms with Gasteiger partial charge < -0.3 is 4.90 Å². The van der Waals surface area contributed by atoms with Crippen LogP contribution < -0.4 is 10.2 Å². The number of nitrogens with zero attached hydrogens (tertiary/aromatic N) is 5. The predicted octanol–water partition coefficient (Wildman–Crippen LogP) is 2.91. The van der Waals surface area contributed by atoms with Gasteiger partial charge in [-0.15, -0.1) is 0 Å². The number of aliphatic imine (C=N–C) groups is 1. The number of anilines is 1. The number of rotatable bonds is 4. The summed E-state index contributed by atoms with van der Waals surface area (Å²) >= 11 is 1.11. The minimum Gasteiger partial charge on any atom is -0.366 e. The monoisotopic (exact) mass is 364 g/mol. The molecule has 132 valence electrons. The number of nitrogens with one attached hydrogen (secondary N) is 1. The number of nitro benzene ring substituents is 2. The van der Waals surface area contributed by atoms with Crippen molar-refractivity contribution in [2.75, 3.05) is 24.2 Å². The Balaban J connectivity index is 2.62. The molecule has 1 aromatic rings. The number of amidine groups is 1. The van der Waals surface area contributed by atoms with Gasteiger partial charge in [-0.05, 0) is 25.5 Å². The normalized spacial score (nSPS) is 14.7. The van der Waals surface area contributed by atoms with Crippen molar-refractivity contribution in [3.63, 3.8) is 0 Å². The van der Waals surface area contributed by atoms with E-state index in [1.165, 1.54) is 6.07 Å². The third kappa shape index (κ3) is 4.36. The highest BCUT2D eigenvalue weighted by Crippen LogP contribution is 2.40. The second-order valence-corrected chi connectivity index (χ2v) is 6.04. The van der Waals surface area contributed by atoms with Crippen molar-refractivity contribution in [2.45, 2.75) is 19.3 Å². The molecular formula is C14H16N6O4S. The smallest absolute Gasteiger partial charge is 0.301 e. The third-order valence-electron chi connectivity index (χ3n) is 3.74. The van der Waals surface area contributed by atoms with Crippen LogP contribution in [0.15, 0.2) is 17.1 Å². The number of hydrogen-bond donors (Lipinski definition) is 1. The fraction of sp³-hybridized carbons (Fsp3) is 0.429. The Morgan fingerprint density at radius 3 is 2.40 bits per heavy atom. The fourth-order valence-electron chi connectivity index (χ4n) is 2.61. The molecule has 0 amide bonds. The minimum atomic E-state index is -0.712. The van der Waals surface area contributed by atoms with E-state index in [9.17, 15) is 20.2 Å². The second kappa shape index (κ2) is 8.29. The zero-order chi connectivity index (χ0) is 18.4. The largest absolute Gasteiger partial charge is 0.366 e. The molecule has 0 saturated carbocycles. The molecule has 0 spiro atoms. The molecule has 0 radical (unpaired) electrons. The second-order valence-electron chi connectivity index (χ2n) is 5.25. The molecule has 0 bridgehead atoms. The summed E-state index contributed by atoms with van der Waals surface area (Å²) < 4.78 is 0. The third-order valence-corrected chi connectivity index (χ3v) is 4.32. The highest BCUT2D eigenvalue weighted by atomic mass is 32.2. The number of nitriles is 1. The SMILES string of the molecule is CSC(=Nc1cc(N2CCCCC2)c([N+](=O)[O-])cc1[N+](=O)[O-])NC#N. The zero-order valence-electron chi connectivity index (χ0n) is 13.5. The molecule has 11 heteroatoms. The molecule has 0 unspecified atom stereocenters. The van der Waals surface area contributed by atoms with Crippen LogP contribution in [-0.4, -0.2) is 34.4 Å². The van der Waals surface area contributed by atoms with Crippen molar-refractivity contribution < 1.29 is 9.85 Å². The van der Waals surface area contributed by atoms with Crippen molar-refractivity contribution in [3.05, 3.63) is 32.4 Å². The number of benzene rings is 1. The van der Waals surface area contributed by atoms with Gasteiger partial charge in [-0.25, -0.2) is 4.99 Å². The van der Waals surface area contributed by atoms with Crippen molar-refractivity contribution in [2.24, 2.45) is 4.99 Å². The molecule has 0 aliphatic carbocycles. The first-order valence-corrected chi connectivity index (χ1v) is 8.70. The van der Waals surface area contributed by atoms with Crippen LogP contribution in [0.4, 0.5) is 22.7 Å². The maximum atomic E-state index is 11.4. The standard InChI is InChI=1S/C14H16N6O4S/c1-25-14(16-9-15)17-10-7-12(18-5-3-2-4-6-18)13(20(23)24)8-11(10)19(21)22/h7-8H,2-6H2,1H3,(H,16,17). The maximum absolute atomic E-state index is 11.4. The van der Waals surface area contributed by atoms with Crippen LogP contribution in [0, 0.1) is 31.7 Å². The van der Waals surface area contributed by atoms with Crippen molar-refractivity contribution in [1.82, 2.24) is 5.32 Å². The van der Waals surface area contributed by atoms with Gasteiger partial charge in [0.25, 0.3) is 5.69 Å². The van der Waals surface area contributed by atoms with E-state index >= 15 is 0 Å². The topological polar surface area (TPSA) is 138 Å². The van der Waals surface area contributed by atoms with E-state index in [1.54, 1.807) is 12.4 Å². The average Bonchev–Trinajstić information content (AvgIpc) is 2.61. The summed E-state index contributed by atoms with van der Waals surface area (Å²) in [6, 6.07) is 2.30. The molecule has 10 nitrogen and oxygen atoms in total. The van der Waals surface area contributed by atoms with E-state index < -0.39 is 15.5 Å². The first-order valence-electron chi connectivity index (χ1n) is 7.47. The molecule has 0 aromatic heterocycles. The van der Waals surface area contributed by atoms with Crippen LogP contribution in [0.25, 0.3) is 0 Å². The van der Waals surface area contributed by atoms with Gasteiger partial charge in [0.15, 0.2) is 11.4 Å². The Hall–Kier alpha value is -2.87. The van der Waals surface area contributed by atoms with E-state index in [0.29, 0.717) is 18.8 Å². The van der Waals surface area contributed by atoms with Gasteiger partial charge >= 0.3 is 5.69 Å². The quantitative estimate of drug-likeness (QED) is 0.215. The lowest BCUT2D eigenvalue weighted by molar-refractivity contribution is -0.393. The Bertz CT molecular complexity index is 754. The maximum Gasteiger partial charge on any atom is 0.301 e. The van der Waals surface area contributed by atoms with Crippen LogP contribution in [0.1, 0.15) is 19.3 Å². The Labute approximate surface area is 147 Å². The first-order chi connectivity index (χ1) is 12.0. The lowest BCUT2D eigenvalue weighted by Gasteiger charge is -2.28.